The van der Waals surface area contributed by atoms with E-state index >= 15 is 0 Å². The van der Waals surface area contributed by atoms with Gasteiger partial charge in [0.2, 0.25) is 0 Å². The molecule has 1 atom stereocenters. The number of hydrogen-bond donors (Lipinski definition) is 1. The van der Waals surface area contributed by atoms with Gasteiger partial charge in [-0.25, -0.2) is 4.79 Å². The first-order chi connectivity index (χ1) is 7.20. The predicted molar refractivity (Wildman–Crippen MR) is 55.4 cm³/mol. The lowest BCUT2D eigenvalue weighted by Gasteiger charge is -2.14. The molecule has 0 amide bonds. The van der Waals surface area contributed by atoms with Crippen LogP contribution in [0.4, 0.5) is 5.82 Å². The maximum atomic E-state index is 11.5. The summed E-state index contributed by atoms with van der Waals surface area (Å²) in [6, 6.07) is 1.60. The van der Waals surface area contributed by atoms with Crippen LogP contribution in [-0.2, 0) is 16.6 Å². The Kier molecular flexibility index (Phi) is 2.62. The molecule has 0 spiro atoms. The van der Waals surface area contributed by atoms with Crippen LogP contribution in [0.5, 0.6) is 0 Å². The maximum absolute atomic E-state index is 11.5. The Morgan fingerprint density at radius 2 is 2.47 bits per heavy atom. The van der Waals surface area contributed by atoms with Crippen LogP contribution in [0.1, 0.15) is 12.8 Å². The van der Waals surface area contributed by atoms with Crippen molar-refractivity contribution in [1.29, 1.82) is 0 Å². The van der Waals surface area contributed by atoms with Crippen LogP contribution in [0.2, 0.25) is 0 Å². The van der Waals surface area contributed by atoms with E-state index < -0.39 is 0 Å². The molecule has 1 fully saturated rings. The molecule has 1 unspecified atom stereocenters. The zero-order valence-corrected chi connectivity index (χ0v) is 8.93. The second-order valence-corrected chi connectivity index (χ2v) is 3.86. The lowest BCUT2D eigenvalue weighted by molar-refractivity contribution is -0.142. The van der Waals surface area contributed by atoms with E-state index in [0.717, 1.165) is 18.7 Å². The molecule has 2 rings (SSSR count). The highest BCUT2D eigenvalue weighted by atomic mass is 16.5. The number of ether oxygens (including phenoxy) is 1. The van der Waals surface area contributed by atoms with Gasteiger partial charge < -0.3 is 10.1 Å². The summed E-state index contributed by atoms with van der Waals surface area (Å²) >= 11 is 0. The Balaban J connectivity index is 2.03. The summed E-state index contributed by atoms with van der Waals surface area (Å²) < 4.78 is 6.45. The SMILES string of the molecule is COC(=O)C(Nc1ccn(C)n1)C1CC1. The standard InChI is InChI=1S/C10H15N3O2/c1-13-6-5-8(12-13)11-9(7-3-4-7)10(14)15-2/h5-7,9H,3-4H2,1-2H3,(H,11,12). The molecule has 1 saturated carbocycles. The molecule has 0 bridgehead atoms. The minimum atomic E-state index is -0.245. The van der Waals surface area contributed by atoms with E-state index in [-0.39, 0.29) is 12.0 Å². The monoisotopic (exact) mass is 209 g/mol. The van der Waals surface area contributed by atoms with Crippen molar-refractivity contribution < 1.29 is 9.53 Å². The van der Waals surface area contributed by atoms with Crippen molar-refractivity contribution in [2.45, 2.75) is 18.9 Å². The molecule has 0 radical (unpaired) electrons. The molecule has 0 aliphatic heterocycles. The van der Waals surface area contributed by atoms with E-state index in [9.17, 15) is 4.79 Å². The van der Waals surface area contributed by atoms with Gasteiger partial charge in [0.1, 0.15) is 11.9 Å². The van der Waals surface area contributed by atoms with Gasteiger partial charge in [0.15, 0.2) is 0 Å². The van der Waals surface area contributed by atoms with E-state index in [4.69, 9.17) is 4.74 Å². The molecule has 1 aromatic rings. The van der Waals surface area contributed by atoms with E-state index in [2.05, 4.69) is 10.4 Å². The first-order valence-electron chi connectivity index (χ1n) is 5.04. The van der Waals surface area contributed by atoms with E-state index in [1.165, 1.54) is 7.11 Å². The van der Waals surface area contributed by atoms with Crippen molar-refractivity contribution in [3.8, 4) is 0 Å². The summed E-state index contributed by atoms with van der Waals surface area (Å²) in [6.07, 6.45) is 4.00. The highest BCUT2D eigenvalue weighted by molar-refractivity contribution is 5.79. The third-order valence-electron chi connectivity index (χ3n) is 2.57. The molecule has 1 N–H and O–H groups in total. The normalized spacial score (nSPS) is 17.2. The Bertz CT molecular complexity index is 357. The number of carbonyl (C=O) groups excluding carboxylic acids is 1. The Morgan fingerprint density at radius 1 is 1.73 bits per heavy atom. The van der Waals surface area contributed by atoms with Crippen LogP contribution < -0.4 is 5.32 Å². The summed E-state index contributed by atoms with van der Waals surface area (Å²) in [5, 5.41) is 7.28. The molecule has 82 valence electrons. The van der Waals surface area contributed by atoms with Crippen LogP contribution in [0.15, 0.2) is 12.3 Å². The molecule has 0 saturated heterocycles. The smallest absolute Gasteiger partial charge is 0.328 e. The Labute approximate surface area is 88.4 Å². The van der Waals surface area contributed by atoms with Gasteiger partial charge in [-0.3, -0.25) is 4.68 Å². The number of anilines is 1. The van der Waals surface area contributed by atoms with Crippen LogP contribution in [0.25, 0.3) is 0 Å². The van der Waals surface area contributed by atoms with Crippen LogP contribution >= 0.6 is 0 Å². The quantitative estimate of drug-likeness (QED) is 0.745. The second-order valence-electron chi connectivity index (χ2n) is 3.86. The average molecular weight is 209 g/mol. The zero-order chi connectivity index (χ0) is 10.8. The Hall–Kier alpha value is -1.52. The minimum Gasteiger partial charge on any atom is -0.467 e. The summed E-state index contributed by atoms with van der Waals surface area (Å²) in [6.45, 7) is 0. The summed E-state index contributed by atoms with van der Waals surface area (Å²) in [4.78, 5) is 11.5. The first kappa shape index (κ1) is 10.0. The topological polar surface area (TPSA) is 56.1 Å². The van der Waals surface area contributed by atoms with Crippen LogP contribution in [0, 0.1) is 5.92 Å². The first-order valence-corrected chi connectivity index (χ1v) is 5.04. The van der Waals surface area contributed by atoms with Gasteiger partial charge in [0.25, 0.3) is 0 Å². The molecule has 5 heteroatoms. The molecule has 1 aliphatic carbocycles. The number of esters is 1. The van der Waals surface area contributed by atoms with Crippen LogP contribution in [-0.4, -0.2) is 28.9 Å². The number of nitrogens with zero attached hydrogens (tertiary/aromatic N) is 2. The molecule has 1 heterocycles. The Morgan fingerprint density at radius 3 is 2.93 bits per heavy atom. The van der Waals surface area contributed by atoms with Gasteiger partial charge in [0.05, 0.1) is 7.11 Å². The largest absolute Gasteiger partial charge is 0.467 e. The highest BCUT2D eigenvalue weighted by Crippen LogP contribution is 2.34. The highest BCUT2D eigenvalue weighted by Gasteiger charge is 2.37. The fourth-order valence-electron chi connectivity index (χ4n) is 1.58. The fourth-order valence-corrected chi connectivity index (χ4v) is 1.58. The van der Waals surface area contributed by atoms with E-state index in [1.54, 1.807) is 4.68 Å². The molecule has 0 aromatic carbocycles. The summed E-state index contributed by atoms with van der Waals surface area (Å²) in [5.74, 6) is 0.919. The zero-order valence-electron chi connectivity index (χ0n) is 8.93. The van der Waals surface area contributed by atoms with Crippen molar-refractivity contribution in [3.05, 3.63) is 12.3 Å². The number of aryl methyl sites for hydroxylation is 1. The lowest BCUT2D eigenvalue weighted by Crippen LogP contribution is -2.32. The summed E-state index contributed by atoms with van der Waals surface area (Å²) in [5.41, 5.74) is 0. The van der Waals surface area contributed by atoms with E-state index in [0.29, 0.717) is 5.92 Å². The van der Waals surface area contributed by atoms with Crippen molar-refractivity contribution in [2.24, 2.45) is 13.0 Å². The van der Waals surface area contributed by atoms with Gasteiger partial charge in [-0.15, -0.1) is 0 Å². The summed E-state index contributed by atoms with van der Waals surface area (Å²) in [7, 11) is 3.26. The molecule has 5 nitrogen and oxygen atoms in total. The number of carbonyl (C=O) groups is 1. The third kappa shape index (κ3) is 2.29. The molecule has 15 heavy (non-hydrogen) atoms. The number of nitrogens with one attached hydrogen (secondary N) is 1. The molecular formula is C10H15N3O2. The number of aromatic nitrogens is 2. The number of methoxy groups -OCH3 is 1. The lowest BCUT2D eigenvalue weighted by atomic mass is 10.2. The average Bonchev–Trinajstić information content (AvgIpc) is 2.98. The van der Waals surface area contributed by atoms with Gasteiger partial charge >= 0.3 is 5.97 Å². The fraction of sp³-hybridized carbons (Fsp3) is 0.600. The van der Waals surface area contributed by atoms with Crippen molar-refractivity contribution >= 4 is 11.8 Å². The van der Waals surface area contributed by atoms with Crippen molar-refractivity contribution in [2.75, 3.05) is 12.4 Å². The van der Waals surface area contributed by atoms with Gasteiger partial charge in [-0.05, 0) is 18.8 Å². The molecular weight excluding hydrogens is 194 g/mol. The number of hydrogen-bond acceptors (Lipinski definition) is 4. The second kappa shape index (κ2) is 3.92. The minimum absolute atomic E-state index is 0.205. The van der Waals surface area contributed by atoms with Gasteiger partial charge in [0, 0.05) is 19.3 Å². The van der Waals surface area contributed by atoms with E-state index in [1.807, 2.05) is 19.3 Å². The molecule has 1 aliphatic rings. The van der Waals surface area contributed by atoms with Gasteiger partial charge in [-0.2, -0.15) is 5.10 Å². The molecule has 1 aromatic heterocycles. The van der Waals surface area contributed by atoms with Crippen molar-refractivity contribution in [1.82, 2.24) is 9.78 Å². The third-order valence-corrected chi connectivity index (χ3v) is 2.57. The van der Waals surface area contributed by atoms with Crippen LogP contribution in [0.3, 0.4) is 0 Å². The number of rotatable bonds is 4. The van der Waals surface area contributed by atoms with Crippen molar-refractivity contribution in [3.63, 3.8) is 0 Å². The van der Waals surface area contributed by atoms with Gasteiger partial charge in [-0.1, -0.05) is 0 Å². The predicted octanol–water partition coefficient (Wildman–Crippen LogP) is 0.784. The maximum Gasteiger partial charge on any atom is 0.328 e.